The molecule has 1 rings (SSSR count). The van der Waals surface area contributed by atoms with Crippen LogP contribution in [0.15, 0.2) is 24.3 Å². The third-order valence-electron chi connectivity index (χ3n) is 4.65. The first kappa shape index (κ1) is 18.9. The van der Waals surface area contributed by atoms with E-state index in [0.29, 0.717) is 12.1 Å². The van der Waals surface area contributed by atoms with Crippen LogP contribution in [0.4, 0.5) is 5.69 Å². The summed E-state index contributed by atoms with van der Waals surface area (Å²) < 4.78 is 0. The van der Waals surface area contributed by atoms with Crippen LogP contribution in [-0.4, -0.2) is 44.2 Å². The normalized spacial score (nSPS) is 12.3. The summed E-state index contributed by atoms with van der Waals surface area (Å²) in [4.78, 5) is 23.2. The molecule has 22 heavy (non-hydrogen) atoms. The molecule has 0 bridgehead atoms. The van der Waals surface area contributed by atoms with E-state index < -0.39 is 8.32 Å². The molecule has 1 aromatic rings. The van der Waals surface area contributed by atoms with Gasteiger partial charge in [0.25, 0.3) is 0 Å². The van der Waals surface area contributed by atoms with Gasteiger partial charge < -0.3 is 14.8 Å². The summed E-state index contributed by atoms with van der Waals surface area (Å²) in [5.74, 6) is 0. The predicted octanol–water partition coefficient (Wildman–Crippen LogP) is 3.06. The zero-order valence-electron chi connectivity index (χ0n) is 14.2. The van der Waals surface area contributed by atoms with Crippen LogP contribution in [0.3, 0.4) is 0 Å². The Balaban J connectivity index is 2.66. The van der Waals surface area contributed by atoms with Crippen LogP contribution < -0.4 is 4.90 Å². The Kier molecular flexibility index (Phi) is 6.78. The van der Waals surface area contributed by atoms with Crippen LogP contribution in [0.1, 0.15) is 37.0 Å². The largest absolute Gasteiger partial charge is 0.432 e. The first-order valence-corrected chi connectivity index (χ1v) is 10.8. The van der Waals surface area contributed by atoms with E-state index in [1.807, 2.05) is 25.2 Å². The first-order valence-electron chi connectivity index (χ1n) is 7.85. The average molecular weight is 324 g/mol. The van der Waals surface area contributed by atoms with Crippen molar-refractivity contribution in [2.75, 3.05) is 24.6 Å². The number of anilines is 1. The summed E-state index contributed by atoms with van der Waals surface area (Å²) in [7, 11) is -2.17. The summed E-state index contributed by atoms with van der Waals surface area (Å²) >= 11 is 0. The van der Waals surface area contributed by atoms with E-state index in [2.05, 4.69) is 18.7 Å². The standard InChI is InChI=1S/C17H29NO3Si/c1-17(2,22(3,4)21)10-5-11-18(12-13-19)16-8-6-15(14-20)7-9-16/h6-9,14,19,21H,5,10-13H2,1-4H3. The maximum atomic E-state index is 10.7. The number of benzene rings is 1. The number of hydrogen-bond acceptors (Lipinski definition) is 4. The number of rotatable bonds is 9. The van der Waals surface area contributed by atoms with Crippen molar-refractivity contribution in [1.82, 2.24) is 0 Å². The van der Waals surface area contributed by atoms with Crippen molar-refractivity contribution in [3.05, 3.63) is 29.8 Å². The van der Waals surface area contributed by atoms with Crippen LogP contribution in [0.5, 0.6) is 0 Å². The first-order chi connectivity index (χ1) is 10.2. The number of aliphatic hydroxyl groups excluding tert-OH is 1. The Morgan fingerprint density at radius 2 is 1.77 bits per heavy atom. The Labute approximate surface area is 134 Å². The summed E-state index contributed by atoms with van der Waals surface area (Å²) in [6, 6.07) is 7.41. The van der Waals surface area contributed by atoms with Gasteiger partial charge in [-0.2, -0.15) is 0 Å². The molecular weight excluding hydrogens is 294 g/mol. The van der Waals surface area contributed by atoms with Gasteiger partial charge in [-0.1, -0.05) is 13.8 Å². The lowest BCUT2D eigenvalue weighted by molar-refractivity contribution is 0.112. The molecule has 0 aliphatic rings. The molecule has 0 aliphatic carbocycles. The zero-order chi connectivity index (χ0) is 16.8. The molecule has 0 saturated heterocycles. The van der Waals surface area contributed by atoms with Gasteiger partial charge in [0.15, 0.2) is 8.32 Å². The summed E-state index contributed by atoms with van der Waals surface area (Å²) in [6.45, 7) is 9.73. The van der Waals surface area contributed by atoms with Gasteiger partial charge in [0.05, 0.1) is 6.61 Å². The second-order valence-electron chi connectivity index (χ2n) is 6.97. The van der Waals surface area contributed by atoms with Crippen molar-refractivity contribution in [2.24, 2.45) is 0 Å². The van der Waals surface area contributed by atoms with Crippen LogP contribution in [0.2, 0.25) is 18.1 Å². The monoisotopic (exact) mass is 323 g/mol. The molecule has 0 fully saturated rings. The van der Waals surface area contributed by atoms with Crippen molar-refractivity contribution in [3.63, 3.8) is 0 Å². The second-order valence-corrected chi connectivity index (χ2v) is 11.4. The molecule has 4 nitrogen and oxygen atoms in total. The maximum Gasteiger partial charge on any atom is 0.188 e. The number of aliphatic hydroxyl groups is 1. The fourth-order valence-electron chi connectivity index (χ4n) is 2.27. The average Bonchev–Trinajstić information content (AvgIpc) is 2.45. The predicted molar refractivity (Wildman–Crippen MR) is 94.1 cm³/mol. The summed E-state index contributed by atoms with van der Waals surface area (Å²) in [5, 5.41) is 9.23. The minimum atomic E-state index is -2.17. The molecule has 1 aromatic carbocycles. The fraction of sp³-hybridized carbons (Fsp3) is 0.588. The molecule has 0 unspecified atom stereocenters. The highest BCUT2D eigenvalue weighted by atomic mass is 28.4. The lowest BCUT2D eigenvalue weighted by atomic mass is 10.1. The Bertz CT molecular complexity index is 466. The minimum Gasteiger partial charge on any atom is -0.432 e. The fourth-order valence-corrected chi connectivity index (χ4v) is 3.06. The number of hydrogen-bond donors (Lipinski definition) is 2. The Morgan fingerprint density at radius 3 is 2.23 bits per heavy atom. The van der Waals surface area contributed by atoms with Gasteiger partial charge in [0.2, 0.25) is 0 Å². The van der Waals surface area contributed by atoms with Crippen LogP contribution in [0.25, 0.3) is 0 Å². The number of nitrogens with zero attached hydrogens (tertiary/aromatic N) is 1. The van der Waals surface area contributed by atoms with E-state index in [1.165, 1.54) is 0 Å². The molecule has 2 N–H and O–H groups in total. The lowest BCUT2D eigenvalue weighted by Crippen LogP contribution is -2.39. The van der Waals surface area contributed by atoms with E-state index in [1.54, 1.807) is 12.1 Å². The summed E-state index contributed by atoms with van der Waals surface area (Å²) in [5.41, 5.74) is 1.67. The van der Waals surface area contributed by atoms with Crippen LogP contribution in [0, 0.1) is 0 Å². The van der Waals surface area contributed by atoms with Gasteiger partial charge in [0.1, 0.15) is 6.29 Å². The van der Waals surface area contributed by atoms with Crippen molar-refractivity contribution in [3.8, 4) is 0 Å². The number of carbonyl (C=O) groups is 1. The van der Waals surface area contributed by atoms with Crippen molar-refractivity contribution in [2.45, 2.75) is 44.8 Å². The Morgan fingerprint density at radius 1 is 1.18 bits per heavy atom. The third-order valence-corrected chi connectivity index (χ3v) is 8.21. The van der Waals surface area contributed by atoms with E-state index in [9.17, 15) is 14.7 Å². The molecule has 0 amide bonds. The highest BCUT2D eigenvalue weighted by molar-refractivity contribution is 6.72. The molecular formula is C17H29NO3Si. The highest BCUT2D eigenvalue weighted by Crippen LogP contribution is 2.39. The number of aldehydes is 1. The molecule has 0 aromatic heterocycles. The Hall–Kier alpha value is -1.17. The molecule has 124 valence electrons. The number of carbonyl (C=O) groups excluding carboxylic acids is 1. The molecule has 0 spiro atoms. The van der Waals surface area contributed by atoms with Gasteiger partial charge >= 0.3 is 0 Å². The molecule has 0 radical (unpaired) electrons. The van der Waals surface area contributed by atoms with Gasteiger partial charge in [-0.05, 0) is 55.2 Å². The quantitative estimate of drug-likeness (QED) is 0.541. The third kappa shape index (κ3) is 5.23. The molecule has 5 heteroatoms. The van der Waals surface area contributed by atoms with Gasteiger partial charge in [-0.3, -0.25) is 4.79 Å². The van der Waals surface area contributed by atoms with E-state index in [-0.39, 0.29) is 11.6 Å². The second kappa shape index (κ2) is 7.90. The van der Waals surface area contributed by atoms with Gasteiger partial charge in [-0.25, -0.2) is 0 Å². The smallest absolute Gasteiger partial charge is 0.188 e. The highest BCUT2D eigenvalue weighted by Gasteiger charge is 2.37. The van der Waals surface area contributed by atoms with E-state index >= 15 is 0 Å². The zero-order valence-corrected chi connectivity index (χ0v) is 15.2. The van der Waals surface area contributed by atoms with Crippen LogP contribution >= 0.6 is 0 Å². The SMILES string of the molecule is CC(C)(CCCN(CCO)c1ccc(C=O)cc1)[Si](C)(C)O. The van der Waals surface area contributed by atoms with Crippen LogP contribution in [-0.2, 0) is 0 Å². The molecule has 0 atom stereocenters. The summed E-state index contributed by atoms with van der Waals surface area (Å²) in [6.07, 6.45) is 2.74. The lowest BCUT2D eigenvalue weighted by Gasteiger charge is -2.36. The minimum absolute atomic E-state index is 0.0285. The van der Waals surface area contributed by atoms with Crippen molar-refractivity contribution < 1.29 is 14.7 Å². The van der Waals surface area contributed by atoms with Gasteiger partial charge in [-0.15, -0.1) is 0 Å². The maximum absolute atomic E-state index is 10.7. The van der Waals surface area contributed by atoms with Crippen molar-refractivity contribution >= 4 is 20.3 Å². The molecule has 0 saturated carbocycles. The topological polar surface area (TPSA) is 60.8 Å². The van der Waals surface area contributed by atoms with E-state index in [0.717, 1.165) is 31.4 Å². The van der Waals surface area contributed by atoms with Crippen molar-refractivity contribution in [1.29, 1.82) is 0 Å². The molecule has 0 heterocycles. The van der Waals surface area contributed by atoms with Gasteiger partial charge in [0, 0.05) is 24.3 Å². The van der Waals surface area contributed by atoms with E-state index in [4.69, 9.17) is 0 Å². The molecule has 0 aliphatic heterocycles.